The summed E-state index contributed by atoms with van der Waals surface area (Å²) in [5.74, 6) is -0.211. The van der Waals surface area contributed by atoms with Gasteiger partial charge >= 0.3 is 0 Å². The largest absolute Gasteiger partial charge is 0.491 e. The van der Waals surface area contributed by atoms with Crippen LogP contribution in [0.25, 0.3) is 10.8 Å². The Balaban J connectivity index is 1.31. The van der Waals surface area contributed by atoms with Crippen molar-refractivity contribution in [3.05, 3.63) is 59.7 Å². The maximum absolute atomic E-state index is 13.5. The fraction of sp³-hybridized carbons (Fsp3) is 0.419. The lowest BCUT2D eigenvalue weighted by atomic mass is 9.98. The van der Waals surface area contributed by atoms with Crippen molar-refractivity contribution in [2.45, 2.75) is 31.1 Å². The van der Waals surface area contributed by atoms with Gasteiger partial charge < -0.3 is 24.4 Å². The van der Waals surface area contributed by atoms with E-state index in [2.05, 4.69) is 5.32 Å². The summed E-state index contributed by atoms with van der Waals surface area (Å²) in [5, 5.41) is 4.63. The predicted molar refractivity (Wildman–Crippen MR) is 161 cm³/mol. The minimum atomic E-state index is -3.80. The number of carbonyl (C=O) groups is 2. The highest BCUT2D eigenvalue weighted by molar-refractivity contribution is 7.89. The fourth-order valence-electron chi connectivity index (χ4n) is 5.68. The molecule has 0 aromatic heterocycles. The van der Waals surface area contributed by atoms with Gasteiger partial charge in [0.1, 0.15) is 12.4 Å². The summed E-state index contributed by atoms with van der Waals surface area (Å²) >= 11 is 0. The van der Waals surface area contributed by atoms with Crippen molar-refractivity contribution >= 4 is 44.0 Å². The molecule has 0 bridgehead atoms. The number of anilines is 2. The molecule has 224 valence electrons. The Morgan fingerprint density at radius 2 is 1.86 bits per heavy atom. The van der Waals surface area contributed by atoms with E-state index in [1.807, 2.05) is 24.3 Å². The molecule has 11 heteroatoms. The molecule has 5 rings (SSSR count). The summed E-state index contributed by atoms with van der Waals surface area (Å²) in [4.78, 5) is 28.5. The Hall–Kier alpha value is -3.51. The van der Waals surface area contributed by atoms with E-state index in [1.54, 1.807) is 50.3 Å². The summed E-state index contributed by atoms with van der Waals surface area (Å²) in [7, 11) is -0.580. The molecule has 3 aromatic rings. The van der Waals surface area contributed by atoms with Crippen LogP contribution in [0.2, 0.25) is 0 Å². The average molecular weight is 596 g/mol. The molecule has 1 fully saturated rings. The smallest absolute Gasteiger partial charge is 0.258 e. The molecule has 42 heavy (non-hydrogen) atoms. The molecular weight excluding hydrogens is 558 g/mol. The molecule has 3 aromatic carbocycles. The van der Waals surface area contributed by atoms with Crippen LogP contribution in [0.15, 0.2) is 53.4 Å². The molecule has 0 aliphatic carbocycles. The van der Waals surface area contributed by atoms with E-state index in [1.165, 1.54) is 4.31 Å². The van der Waals surface area contributed by atoms with E-state index >= 15 is 0 Å². The molecule has 0 saturated carbocycles. The minimum Gasteiger partial charge on any atom is -0.491 e. The summed E-state index contributed by atoms with van der Waals surface area (Å²) < 4.78 is 44.3. The number of hydrogen-bond donors (Lipinski definition) is 1. The number of aryl methyl sites for hydroxylation is 1. The highest BCUT2D eigenvalue weighted by atomic mass is 32.2. The third kappa shape index (κ3) is 5.87. The molecule has 2 heterocycles. The molecule has 2 aliphatic rings. The highest BCUT2D eigenvalue weighted by Gasteiger charge is 2.35. The SMILES string of the molecule is COCCCN1C(=O)c2cccc3c(NC(=O)C4CCCN(S(=O)(=O)c5ccc(OCCOC)c(C)c5)C4)ccc1c23. The van der Waals surface area contributed by atoms with E-state index in [9.17, 15) is 18.0 Å². The number of sulfonamides is 1. The second-order valence-corrected chi connectivity index (χ2v) is 12.6. The lowest BCUT2D eigenvalue weighted by Crippen LogP contribution is -2.43. The highest BCUT2D eigenvalue weighted by Crippen LogP contribution is 2.41. The van der Waals surface area contributed by atoms with Crippen LogP contribution in [-0.2, 0) is 24.3 Å². The van der Waals surface area contributed by atoms with Crippen molar-refractivity contribution in [1.82, 2.24) is 4.31 Å². The van der Waals surface area contributed by atoms with Gasteiger partial charge in [0.15, 0.2) is 0 Å². The van der Waals surface area contributed by atoms with Crippen LogP contribution >= 0.6 is 0 Å². The molecule has 1 atom stereocenters. The van der Waals surface area contributed by atoms with E-state index in [0.29, 0.717) is 74.7 Å². The molecule has 0 radical (unpaired) electrons. The monoisotopic (exact) mass is 595 g/mol. The lowest BCUT2D eigenvalue weighted by molar-refractivity contribution is -0.120. The summed E-state index contributed by atoms with van der Waals surface area (Å²) in [5.41, 5.74) is 2.74. The van der Waals surface area contributed by atoms with Gasteiger partial charge in [0.25, 0.3) is 5.91 Å². The number of amides is 2. The van der Waals surface area contributed by atoms with Gasteiger partial charge in [-0.2, -0.15) is 4.31 Å². The number of nitrogens with one attached hydrogen (secondary N) is 1. The van der Waals surface area contributed by atoms with Gasteiger partial charge in [-0.15, -0.1) is 0 Å². The van der Waals surface area contributed by atoms with Gasteiger partial charge in [0, 0.05) is 62.5 Å². The number of methoxy groups -OCH3 is 2. The first kappa shape index (κ1) is 30.0. The molecule has 1 N–H and O–H groups in total. The third-order valence-electron chi connectivity index (χ3n) is 7.86. The number of piperidine rings is 1. The number of rotatable bonds is 12. The first-order chi connectivity index (χ1) is 20.3. The van der Waals surface area contributed by atoms with Gasteiger partial charge in [0.05, 0.1) is 23.1 Å². The number of nitrogens with zero attached hydrogens (tertiary/aromatic N) is 2. The zero-order valence-corrected chi connectivity index (χ0v) is 25.0. The van der Waals surface area contributed by atoms with Crippen LogP contribution in [0.1, 0.15) is 35.2 Å². The van der Waals surface area contributed by atoms with Crippen molar-refractivity contribution in [3.63, 3.8) is 0 Å². The second-order valence-electron chi connectivity index (χ2n) is 10.6. The standard InChI is InChI=1S/C31H37N3O7S/c1-21-19-23(10-13-28(21)41-18-17-40-3)42(37,38)33-14-5-7-22(20-33)30(35)32-26-11-12-27-29-24(26)8-4-9-25(29)31(36)34(27)15-6-16-39-2/h4,8-13,19,22H,5-7,14-18,20H2,1-3H3,(H,32,35). The average Bonchev–Trinajstić information content (AvgIpc) is 3.27. The van der Waals surface area contributed by atoms with E-state index in [4.69, 9.17) is 14.2 Å². The lowest BCUT2D eigenvalue weighted by Gasteiger charge is -2.31. The van der Waals surface area contributed by atoms with Crippen molar-refractivity contribution in [1.29, 1.82) is 0 Å². The first-order valence-electron chi connectivity index (χ1n) is 14.2. The zero-order valence-electron chi connectivity index (χ0n) is 24.2. The number of hydrogen-bond acceptors (Lipinski definition) is 7. The Bertz CT molecular complexity index is 1590. The van der Waals surface area contributed by atoms with E-state index < -0.39 is 15.9 Å². The van der Waals surface area contributed by atoms with Crippen molar-refractivity contribution < 1.29 is 32.2 Å². The molecule has 2 amide bonds. The van der Waals surface area contributed by atoms with Gasteiger partial charge in [0.2, 0.25) is 15.9 Å². The zero-order chi connectivity index (χ0) is 29.9. The van der Waals surface area contributed by atoms with Gasteiger partial charge in [-0.25, -0.2) is 8.42 Å². The second kappa shape index (κ2) is 12.8. The Kier molecular flexibility index (Phi) is 9.12. The van der Waals surface area contributed by atoms with Crippen LogP contribution in [0.4, 0.5) is 11.4 Å². The van der Waals surface area contributed by atoms with Gasteiger partial charge in [-0.05, 0) is 68.1 Å². The Labute approximate surface area is 246 Å². The number of ether oxygens (including phenoxy) is 3. The minimum absolute atomic E-state index is 0.0619. The van der Waals surface area contributed by atoms with Crippen LogP contribution in [0.5, 0.6) is 5.75 Å². The van der Waals surface area contributed by atoms with Gasteiger partial charge in [-0.3, -0.25) is 9.59 Å². The quantitative estimate of drug-likeness (QED) is 0.312. The maximum Gasteiger partial charge on any atom is 0.258 e. The van der Waals surface area contributed by atoms with Crippen molar-refractivity contribution in [2.24, 2.45) is 5.92 Å². The van der Waals surface area contributed by atoms with E-state index in [0.717, 1.165) is 16.5 Å². The Morgan fingerprint density at radius 1 is 1.05 bits per heavy atom. The molecule has 1 saturated heterocycles. The predicted octanol–water partition coefficient (Wildman–Crippen LogP) is 4.21. The first-order valence-corrected chi connectivity index (χ1v) is 15.6. The van der Waals surface area contributed by atoms with Crippen LogP contribution in [0.3, 0.4) is 0 Å². The molecule has 0 spiro atoms. The maximum atomic E-state index is 13.5. The van der Waals surface area contributed by atoms with Crippen molar-refractivity contribution in [2.75, 3.05) is 63.9 Å². The summed E-state index contributed by atoms with van der Waals surface area (Å²) in [6.07, 6.45) is 1.86. The third-order valence-corrected chi connectivity index (χ3v) is 9.72. The van der Waals surface area contributed by atoms with Crippen LogP contribution in [-0.4, -0.2) is 78.2 Å². The molecule has 10 nitrogen and oxygen atoms in total. The normalized spacial score (nSPS) is 17.2. The number of carbonyl (C=O) groups excluding carboxylic acids is 2. The van der Waals surface area contributed by atoms with E-state index in [-0.39, 0.29) is 23.3 Å². The molecule has 1 unspecified atom stereocenters. The number of benzene rings is 3. The Morgan fingerprint density at radius 3 is 2.62 bits per heavy atom. The topological polar surface area (TPSA) is 114 Å². The van der Waals surface area contributed by atoms with Crippen LogP contribution < -0.4 is 15.0 Å². The van der Waals surface area contributed by atoms with Gasteiger partial charge in [-0.1, -0.05) is 12.1 Å². The fourth-order valence-corrected chi connectivity index (χ4v) is 7.29. The van der Waals surface area contributed by atoms with Crippen LogP contribution in [0, 0.1) is 12.8 Å². The van der Waals surface area contributed by atoms with Crippen molar-refractivity contribution in [3.8, 4) is 5.75 Å². The molecule has 2 aliphatic heterocycles. The summed E-state index contributed by atoms with van der Waals surface area (Å²) in [6, 6.07) is 14.0. The summed E-state index contributed by atoms with van der Waals surface area (Å²) in [6.45, 7) is 4.14. The molecular formula is C31H37N3O7S.